The Morgan fingerprint density at radius 1 is 0.339 bits per heavy atom. The van der Waals surface area contributed by atoms with Gasteiger partial charge in [-0.1, -0.05) is 108 Å². The third-order valence-electron chi connectivity index (χ3n) is 12.2. The molecule has 6 heteroatoms. The molecule has 62 heavy (non-hydrogen) atoms. The van der Waals surface area contributed by atoms with Crippen LogP contribution in [0.2, 0.25) is 0 Å². The van der Waals surface area contributed by atoms with Gasteiger partial charge >= 0.3 is 0 Å². The van der Waals surface area contributed by atoms with Crippen LogP contribution < -0.4 is 9.80 Å². The molecule has 0 N–H and O–H groups in total. The summed E-state index contributed by atoms with van der Waals surface area (Å²) in [5.41, 5.74) is 12.6. The van der Waals surface area contributed by atoms with Crippen molar-refractivity contribution in [3.63, 3.8) is 0 Å². The Balaban J connectivity index is 0.999. The second-order valence-corrected chi connectivity index (χ2v) is 16.8. The highest BCUT2D eigenvalue weighted by atomic mass is 32.1. The van der Waals surface area contributed by atoms with Crippen LogP contribution in [0.3, 0.4) is 0 Å². The largest absolute Gasteiger partial charge is 0.456 e. The smallest absolute Gasteiger partial charge is 0.190 e. The zero-order valence-corrected chi connectivity index (χ0v) is 34.1. The number of furan rings is 2. The number of fused-ring (bicyclic) bond motifs is 11. The van der Waals surface area contributed by atoms with Gasteiger partial charge < -0.3 is 23.2 Å². The summed E-state index contributed by atoms with van der Waals surface area (Å²) in [5, 5.41) is 8.01. The minimum atomic E-state index is 0.870. The first-order chi connectivity index (χ1) is 30.7. The lowest BCUT2D eigenvalue weighted by molar-refractivity contribution is 0.669. The van der Waals surface area contributed by atoms with E-state index in [0.29, 0.717) is 0 Å². The lowest BCUT2D eigenvalue weighted by Gasteiger charge is -2.26. The van der Waals surface area contributed by atoms with E-state index in [0.717, 1.165) is 93.2 Å². The van der Waals surface area contributed by atoms with Crippen LogP contribution in [0.25, 0.3) is 80.8 Å². The normalized spacial score (nSPS) is 11.9. The van der Waals surface area contributed by atoms with Crippen LogP contribution in [-0.4, -0.2) is 4.57 Å². The molecule has 0 saturated carbocycles. The molecule has 13 aromatic rings. The lowest BCUT2D eigenvalue weighted by atomic mass is 10.1. The van der Waals surface area contributed by atoms with Crippen molar-refractivity contribution >= 4 is 121 Å². The predicted octanol–water partition coefficient (Wildman–Crippen LogP) is 16.7. The number of para-hydroxylation sites is 5. The van der Waals surface area contributed by atoms with Crippen molar-refractivity contribution in [2.75, 3.05) is 9.80 Å². The standard InChI is InChI=1S/C56H35N3O2S/c1-4-14-36(15-5-1)57(37-16-6-2-7-17-37)41-27-31-53-48(34-41)55-45-28-24-42(35-54(45)62-56(55)61-53)58(40-26-30-52-47(33-40)44-21-11-13-23-51(44)60-52)39-25-29-50-46(32-39)43-20-10-12-22-49(43)59(50)38-18-8-3-9-19-38/h1-35H. The molecular formula is C56H35N3O2S. The number of rotatable bonds is 7. The summed E-state index contributed by atoms with van der Waals surface area (Å²) in [6, 6.07) is 75.5. The first kappa shape index (κ1) is 34.8. The van der Waals surface area contributed by atoms with Crippen molar-refractivity contribution in [2.45, 2.75) is 0 Å². The molecule has 4 aromatic heterocycles. The third-order valence-corrected chi connectivity index (χ3v) is 13.2. The van der Waals surface area contributed by atoms with Crippen molar-refractivity contribution in [2.24, 2.45) is 0 Å². The van der Waals surface area contributed by atoms with Gasteiger partial charge in [0.1, 0.15) is 16.7 Å². The van der Waals surface area contributed by atoms with Crippen molar-refractivity contribution in [3.05, 3.63) is 212 Å². The quantitative estimate of drug-likeness (QED) is 0.161. The first-order valence-corrected chi connectivity index (χ1v) is 21.6. The Labute approximate surface area is 360 Å². The molecule has 0 fully saturated rings. The lowest BCUT2D eigenvalue weighted by Crippen LogP contribution is -2.09. The van der Waals surface area contributed by atoms with Crippen LogP contribution in [0.4, 0.5) is 34.1 Å². The number of thiophene rings is 1. The van der Waals surface area contributed by atoms with Gasteiger partial charge in [-0.3, -0.25) is 0 Å². The maximum Gasteiger partial charge on any atom is 0.190 e. The van der Waals surface area contributed by atoms with Gasteiger partial charge in [-0.2, -0.15) is 0 Å². The SMILES string of the molecule is c1ccc(N(c2ccccc2)c2ccc3oc4sc5cc(N(c6ccc7oc8ccccc8c7c6)c6ccc7c(c6)c6ccccc6n7-c6ccccc6)ccc5c4c3c2)cc1. The summed E-state index contributed by atoms with van der Waals surface area (Å²) in [6.45, 7) is 0. The topological polar surface area (TPSA) is 37.7 Å². The number of benzene rings is 9. The fourth-order valence-corrected chi connectivity index (χ4v) is 10.5. The molecule has 292 valence electrons. The van der Waals surface area contributed by atoms with Crippen LogP contribution in [0.15, 0.2) is 221 Å². The van der Waals surface area contributed by atoms with Crippen LogP contribution in [0.1, 0.15) is 0 Å². The van der Waals surface area contributed by atoms with E-state index in [-0.39, 0.29) is 0 Å². The predicted molar refractivity (Wildman–Crippen MR) is 260 cm³/mol. The highest BCUT2D eigenvalue weighted by Gasteiger charge is 2.22. The van der Waals surface area contributed by atoms with Crippen molar-refractivity contribution in [3.8, 4) is 5.69 Å². The molecule has 0 bridgehead atoms. The summed E-state index contributed by atoms with van der Waals surface area (Å²) in [6.07, 6.45) is 0. The Morgan fingerprint density at radius 3 is 1.60 bits per heavy atom. The van der Waals surface area contributed by atoms with E-state index >= 15 is 0 Å². The van der Waals surface area contributed by atoms with Gasteiger partial charge in [0.15, 0.2) is 4.90 Å². The number of nitrogens with zero attached hydrogens (tertiary/aromatic N) is 3. The molecule has 0 aliphatic heterocycles. The van der Waals surface area contributed by atoms with Gasteiger partial charge in [0.2, 0.25) is 0 Å². The molecule has 4 heterocycles. The number of hydrogen-bond acceptors (Lipinski definition) is 5. The minimum absolute atomic E-state index is 0.870. The highest BCUT2D eigenvalue weighted by molar-refractivity contribution is 7.25. The molecule has 13 rings (SSSR count). The van der Waals surface area contributed by atoms with E-state index in [4.69, 9.17) is 8.83 Å². The third kappa shape index (κ3) is 5.40. The van der Waals surface area contributed by atoms with E-state index in [9.17, 15) is 0 Å². The summed E-state index contributed by atoms with van der Waals surface area (Å²) in [5.74, 6) is 0. The zero-order chi connectivity index (χ0) is 40.7. The fourth-order valence-electron chi connectivity index (χ4n) is 9.43. The second-order valence-electron chi connectivity index (χ2n) is 15.7. The van der Waals surface area contributed by atoms with Gasteiger partial charge in [-0.05, 0) is 115 Å². The van der Waals surface area contributed by atoms with E-state index < -0.39 is 0 Å². The second kappa shape index (κ2) is 13.7. The average Bonchev–Trinajstić information content (AvgIpc) is 4.08. The molecular weight excluding hydrogens is 779 g/mol. The van der Waals surface area contributed by atoms with Gasteiger partial charge in [0, 0.05) is 82.2 Å². The molecule has 5 nitrogen and oxygen atoms in total. The van der Waals surface area contributed by atoms with Gasteiger partial charge in [0.25, 0.3) is 0 Å². The molecule has 0 radical (unpaired) electrons. The van der Waals surface area contributed by atoms with Crippen LogP contribution in [0.5, 0.6) is 0 Å². The van der Waals surface area contributed by atoms with Gasteiger partial charge in [-0.15, -0.1) is 0 Å². The van der Waals surface area contributed by atoms with E-state index in [1.807, 2.05) is 12.1 Å². The first-order valence-electron chi connectivity index (χ1n) is 20.8. The maximum atomic E-state index is 6.63. The molecule has 0 unspecified atom stereocenters. The summed E-state index contributed by atoms with van der Waals surface area (Å²) in [4.78, 5) is 5.60. The summed E-state index contributed by atoms with van der Waals surface area (Å²) >= 11 is 1.70. The summed E-state index contributed by atoms with van der Waals surface area (Å²) in [7, 11) is 0. The number of hydrogen-bond donors (Lipinski definition) is 0. The van der Waals surface area contributed by atoms with E-state index in [2.05, 4.69) is 215 Å². The van der Waals surface area contributed by atoms with Crippen LogP contribution >= 0.6 is 11.3 Å². The number of anilines is 6. The molecule has 0 amide bonds. The molecule has 0 aliphatic carbocycles. The Morgan fingerprint density at radius 2 is 0.855 bits per heavy atom. The summed E-state index contributed by atoms with van der Waals surface area (Å²) < 4.78 is 16.5. The van der Waals surface area contributed by atoms with Gasteiger partial charge in [-0.25, -0.2) is 0 Å². The molecule has 9 aromatic carbocycles. The van der Waals surface area contributed by atoms with Crippen LogP contribution in [0, 0.1) is 0 Å². The maximum absolute atomic E-state index is 6.63. The van der Waals surface area contributed by atoms with E-state index in [1.165, 1.54) is 21.7 Å². The average molecular weight is 814 g/mol. The fraction of sp³-hybridized carbons (Fsp3) is 0. The monoisotopic (exact) mass is 813 g/mol. The van der Waals surface area contributed by atoms with E-state index in [1.54, 1.807) is 11.3 Å². The van der Waals surface area contributed by atoms with Crippen molar-refractivity contribution in [1.29, 1.82) is 0 Å². The van der Waals surface area contributed by atoms with Crippen LogP contribution in [-0.2, 0) is 0 Å². The van der Waals surface area contributed by atoms with Crippen molar-refractivity contribution < 1.29 is 8.83 Å². The molecule has 0 aliphatic rings. The van der Waals surface area contributed by atoms with Gasteiger partial charge in [0.05, 0.1) is 11.0 Å². The minimum Gasteiger partial charge on any atom is -0.456 e. The zero-order valence-electron chi connectivity index (χ0n) is 33.3. The van der Waals surface area contributed by atoms with Crippen molar-refractivity contribution in [1.82, 2.24) is 4.57 Å². The Kier molecular flexibility index (Phi) is 7.71. The Bertz CT molecular complexity index is 3790. The molecule has 0 atom stereocenters. The molecule has 0 saturated heterocycles. The Hall–Kier alpha value is -8.06. The number of aromatic nitrogens is 1. The highest BCUT2D eigenvalue weighted by Crippen LogP contribution is 2.47. The molecule has 0 spiro atoms.